The molecule has 3 aliphatic heterocycles. The molecule has 4 nitrogen and oxygen atoms in total. The number of nitrogens with zero attached hydrogens (tertiary/aromatic N) is 2. The Morgan fingerprint density at radius 1 is 1.35 bits per heavy atom. The van der Waals surface area contributed by atoms with Gasteiger partial charge in [-0.1, -0.05) is 0 Å². The van der Waals surface area contributed by atoms with Crippen molar-refractivity contribution in [3.05, 3.63) is 29.1 Å². The fraction of sp³-hybridized carbons (Fsp3) is 0.467. The number of hydrogen-bond acceptors (Lipinski definition) is 4. The molecule has 3 saturated heterocycles. The van der Waals surface area contributed by atoms with Crippen molar-refractivity contribution < 1.29 is 4.79 Å². The molecule has 0 radical (unpaired) electrons. The molecule has 5 rings (SSSR count). The number of nitrogens with one attached hydrogen (secondary N) is 1. The van der Waals surface area contributed by atoms with Crippen LogP contribution in [0.4, 0.5) is 0 Å². The molecule has 3 aliphatic rings. The molecule has 20 heavy (non-hydrogen) atoms. The summed E-state index contributed by atoms with van der Waals surface area (Å²) in [6.07, 6.45) is 2.44. The monoisotopic (exact) mass is 287 g/mol. The van der Waals surface area contributed by atoms with Gasteiger partial charge in [0.25, 0.3) is 5.91 Å². The summed E-state index contributed by atoms with van der Waals surface area (Å²) in [7, 11) is 0. The van der Waals surface area contributed by atoms with Crippen molar-refractivity contribution in [1.29, 1.82) is 0 Å². The minimum Gasteiger partial charge on any atom is -0.348 e. The standard InChI is InChI=1S/C15H17N3OS/c19-15(11-1-2-13-12(7-11)9-20-17-13)16-14-8-18-5-3-10(14)4-6-18/h1-2,7,9-10,14H,3-6,8H2,(H,16,19). The number of rotatable bonds is 2. The Kier molecular flexibility index (Phi) is 2.97. The highest BCUT2D eigenvalue weighted by atomic mass is 32.1. The summed E-state index contributed by atoms with van der Waals surface area (Å²) < 4.78 is 4.27. The number of carbonyl (C=O) groups is 1. The first-order valence-electron chi connectivity index (χ1n) is 7.17. The summed E-state index contributed by atoms with van der Waals surface area (Å²) in [6.45, 7) is 3.41. The van der Waals surface area contributed by atoms with Crippen molar-refractivity contribution in [3.63, 3.8) is 0 Å². The van der Waals surface area contributed by atoms with Crippen LogP contribution in [0.2, 0.25) is 0 Å². The van der Waals surface area contributed by atoms with Crippen molar-refractivity contribution in [2.45, 2.75) is 18.9 Å². The molecule has 104 valence electrons. The van der Waals surface area contributed by atoms with E-state index in [0.29, 0.717) is 12.0 Å². The third-order valence-corrected chi connectivity index (χ3v) is 5.25. The van der Waals surface area contributed by atoms with E-state index in [0.717, 1.165) is 23.0 Å². The van der Waals surface area contributed by atoms with E-state index in [2.05, 4.69) is 14.6 Å². The molecule has 0 spiro atoms. The molecular formula is C15H17N3OS. The van der Waals surface area contributed by atoms with Crippen molar-refractivity contribution >= 4 is 28.3 Å². The van der Waals surface area contributed by atoms with E-state index in [1.165, 1.54) is 37.5 Å². The first-order valence-corrected chi connectivity index (χ1v) is 8.00. The summed E-state index contributed by atoms with van der Waals surface area (Å²) >= 11 is 1.43. The SMILES string of the molecule is O=C(NC1CN2CCC1CC2)c1ccc2nscc2c1. The van der Waals surface area contributed by atoms with Crippen molar-refractivity contribution in [3.8, 4) is 0 Å². The number of benzene rings is 1. The van der Waals surface area contributed by atoms with Gasteiger partial charge in [-0.05, 0) is 61.6 Å². The number of carbonyl (C=O) groups excluding carboxylic acids is 1. The molecule has 5 heteroatoms. The Hall–Kier alpha value is -1.46. The largest absolute Gasteiger partial charge is 0.348 e. The van der Waals surface area contributed by atoms with E-state index in [1.807, 2.05) is 23.6 Å². The highest BCUT2D eigenvalue weighted by Crippen LogP contribution is 2.27. The Bertz CT molecular complexity index is 645. The average Bonchev–Trinajstić information content (AvgIpc) is 2.96. The molecule has 1 N–H and O–H groups in total. The van der Waals surface area contributed by atoms with Crippen LogP contribution in [0.3, 0.4) is 0 Å². The van der Waals surface area contributed by atoms with Crippen molar-refractivity contribution in [1.82, 2.24) is 14.6 Å². The van der Waals surface area contributed by atoms with E-state index in [4.69, 9.17) is 0 Å². The van der Waals surface area contributed by atoms with E-state index in [-0.39, 0.29) is 5.91 Å². The Balaban J connectivity index is 1.52. The number of hydrogen-bond donors (Lipinski definition) is 1. The lowest BCUT2D eigenvalue weighted by molar-refractivity contribution is 0.0620. The van der Waals surface area contributed by atoms with Crippen molar-refractivity contribution in [2.24, 2.45) is 5.92 Å². The normalized spacial score (nSPS) is 28.7. The number of fused-ring (bicyclic) bond motifs is 4. The van der Waals surface area contributed by atoms with Crippen molar-refractivity contribution in [2.75, 3.05) is 19.6 Å². The van der Waals surface area contributed by atoms with E-state index in [1.54, 1.807) is 0 Å². The van der Waals surface area contributed by atoms with Gasteiger partial charge in [-0.15, -0.1) is 0 Å². The van der Waals surface area contributed by atoms with Crippen LogP contribution in [0.15, 0.2) is 23.6 Å². The Morgan fingerprint density at radius 2 is 2.20 bits per heavy atom. The molecule has 0 saturated carbocycles. The number of aromatic nitrogens is 1. The molecule has 3 fully saturated rings. The second-order valence-electron chi connectivity index (χ2n) is 5.81. The zero-order valence-corrected chi connectivity index (χ0v) is 12.0. The minimum atomic E-state index is 0.0526. The number of amides is 1. The first-order chi connectivity index (χ1) is 9.79. The van der Waals surface area contributed by atoms with Crippen LogP contribution in [0.5, 0.6) is 0 Å². The van der Waals surface area contributed by atoms with Gasteiger partial charge in [-0.3, -0.25) is 4.79 Å². The lowest BCUT2D eigenvalue weighted by Gasteiger charge is -2.44. The third-order valence-electron chi connectivity index (χ3n) is 4.59. The van der Waals surface area contributed by atoms with Crippen LogP contribution in [0.1, 0.15) is 23.2 Å². The fourth-order valence-corrected chi connectivity index (χ4v) is 4.03. The predicted octanol–water partition coefficient (Wildman–Crippen LogP) is 2.12. The molecule has 2 aromatic rings. The summed E-state index contributed by atoms with van der Waals surface area (Å²) in [5, 5.41) is 6.26. The molecule has 0 aliphatic carbocycles. The van der Waals surface area contributed by atoms with Gasteiger partial charge in [0.05, 0.1) is 5.52 Å². The quantitative estimate of drug-likeness (QED) is 0.920. The minimum absolute atomic E-state index is 0.0526. The van der Waals surface area contributed by atoms with Crippen LogP contribution in [0, 0.1) is 5.92 Å². The fourth-order valence-electron chi connectivity index (χ4n) is 3.39. The molecule has 1 unspecified atom stereocenters. The van der Waals surface area contributed by atoms with E-state index in [9.17, 15) is 4.79 Å². The van der Waals surface area contributed by atoms with Crippen LogP contribution in [-0.4, -0.2) is 40.9 Å². The topological polar surface area (TPSA) is 45.2 Å². The average molecular weight is 287 g/mol. The molecule has 1 aromatic carbocycles. The van der Waals surface area contributed by atoms with Crippen LogP contribution in [-0.2, 0) is 0 Å². The highest BCUT2D eigenvalue weighted by Gasteiger charge is 2.34. The summed E-state index contributed by atoms with van der Waals surface area (Å²) in [5.74, 6) is 0.715. The van der Waals surface area contributed by atoms with Crippen LogP contribution < -0.4 is 5.32 Å². The van der Waals surface area contributed by atoms with E-state index >= 15 is 0 Å². The van der Waals surface area contributed by atoms with Gasteiger partial charge in [0.2, 0.25) is 0 Å². The highest BCUT2D eigenvalue weighted by molar-refractivity contribution is 7.04. The Morgan fingerprint density at radius 3 is 2.95 bits per heavy atom. The maximum Gasteiger partial charge on any atom is 0.251 e. The second-order valence-corrected chi connectivity index (χ2v) is 6.44. The maximum absolute atomic E-state index is 12.4. The molecule has 1 atom stereocenters. The van der Waals surface area contributed by atoms with Gasteiger partial charge in [-0.25, -0.2) is 0 Å². The Labute approximate surface area is 121 Å². The lowest BCUT2D eigenvalue weighted by atomic mass is 9.84. The molecular weight excluding hydrogens is 270 g/mol. The van der Waals surface area contributed by atoms with E-state index < -0.39 is 0 Å². The zero-order chi connectivity index (χ0) is 13.5. The van der Waals surface area contributed by atoms with Gasteiger partial charge < -0.3 is 10.2 Å². The summed E-state index contributed by atoms with van der Waals surface area (Å²) in [4.78, 5) is 14.9. The third kappa shape index (κ3) is 2.11. The molecule has 4 heterocycles. The second kappa shape index (κ2) is 4.82. The van der Waals surface area contributed by atoms with Gasteiger partial charge >= 0.3 is 0 Å². The predicted molar refractivity (Wildman–Crippen MR) is 80.0 cm³/mol. The maximum atomic E-state index is 12.4. The van der Waals surface area contributed by atoms with Gasteiger partial charge in [-0.2, -0.15) is 4.37 Å². The van der Waals surface area contributed by atoms with Crippen LogP contribution in [0.25, 0.3) is 10.9 Å². The first kappa shape index (κ1) is 12.3. The summed E-state index contributed by atoms with van der Waals surface area (Å²) in [6, 6.07) is 6.06. The molecule has 1 amide bonds. The van der Waals surface area contributed by atoms with Gasteiger partial charge in [0.1, 0.15) is 0 Å². The van der Waals surface area contributed by atoms with Crippen LogP contribution >= 0.6 is 11.5 Å². The molecule has 1 aromatic heterocycles. The number of piperidine rings is 3. The zero-order valence-electron chi connectivity index (χ0n) is 11.2. The van der Waals surface area contributed by atoms with Gasteiger partial charge in [0.15, 0.2) is 0 Å². The smallest absolute Gasteiger partial charge is 0.251 e. The van der Waals surface area contributed by atoms with Gasteiger partial charge in [0, 0.05) is 28.9 Å². The molecule has 2 bridgehead atoms. The lowest BCUT2D eigenvalue weighted by Crippen LogP contribution is -2.57. The summed E-state index contributed by atoms with van der Waals surface area (Å²) in [5.41, 5.74) is 1.71.